The Hall–Kier alpha value is -2.79. The van der Waals surface area contributed by atoms with E-state index in [0.717, 1.165) is 18.2 Å². The van der Waals surface area contributed by atoms with Crippen LogP contribution in [0.5, 0.6) is 5.75 Å². The summed E-state index contributed by atoms with van der Waals surface area (Å²) in [6.45, 7) is 3.31. The second-order valence-electron chi connectivity index (χ2n) is 6.73. The molecule has 0 radical (unpaired) electrons. The Morgan fingerprint density at radius 2 is 1.77 bits per heavy atom. The van der Waals surface area contributed by atoms with Crippen LogP contribution in [0.25, 0.3) is 0 Å². The van der Waals surface area contributed by atoms with Gasteiger partial charge >= 0.3 is 6.18 Å². The summed E-state index contributed by atoms with van der Waals surface area (Å²) in [6.07, 6.45) is -5.89. The summed E-state index contributed by atoms with van der Waals surface area (Å²) in [5.41, 5.74) is -1.10. The first kappa shape index (κ1) is 23.5. The van der Waals surface area contributed by atoms with E-state index in [1.807, 2.05) is 0 Å². The first-order valence-electron chi connectivity index (χ1n) is 8.72. The van der Waals surface area contributed by atoms with Crippen molar-refractivity contribution in [1.29, 1.82) is 0 Å². The predicted octanol–water partition coefficient (Wildman–Crippen LogP) is 3.47. The van der Waals surface area contributed by atoms with Crippen LogP contribution in [0.1, 0.15) is 19.4 Å². The molecule has 0 aliphatic heterocycles. The highest BCUT2D eigenvalue weighted by atomic mass is 32.2. The van der Waals surface area contributed by atoms with Crippen molar-refractivity contribution in [2.75, 3.05) is 17.1 Å². The third-order valence-electron chi connectivity index (χ3n) is 4.06. The van der Waals surface area contributed by atoms with Crippen molar-refractivity contribution in [3.63, 3.8) is 0 Å². The van der Waals surface area contributed by atoms with Gasteiger partial charge in [0.1, 0.15) is 16.7 Å². The molecule has 1 atom stereocenters. The van der Waals surface area contributed by atoms with E-state index >= 15 is 0 Å². The van der Waals surface area contributed by atoms with Crippen molar-refractivity contribution in [2.24, 2.45) is 5.92 Å². The maximum Gasteiger partial charge on any atom is 0.416 e. The minimum Gasteiger partial charge on any atom is -0.495 e. The number of aliphatic hydroxyl groups is 1. The Morgan fingerprint density at radius 3 is 2.33 bits per heavy atom. The molecule has 0 aromatic heterocycles. The van der Waals surface area contributed by atoms with E-state index in [1.165, 1.54) is 25.3 Å². The first-order valence-corrected chi connectivity index (χ1v) is 10.2. The molecule has 7 nitrogen and oxygen atoms in total. The van der Waals surface area contributed by atoms with Gasteiger partial charge in [0.15, 0.2) is 0 Å². The molecular formula is C19H21F3N2O5S. The highest BCUT2D eigenvalue weighted by molar-refractivity contribution is 7.92. The average Bonchev–Trinajstić information content (AvgIpc) is 2.66. The van der Waals surface area contributed by atoms with Gasteiger partial charge in [-0.15, -0.1) is 0 Å². The number of alkyl halides is 3. The van der Waals surface area contributed by atoms with E-state index in [2.05, 4.69) is 10.0 Å². The minimum atomic E-state index is -4.63. The third-order valence-corrected chi connectivity index (χ3v) is 5.48. The molecule has 0 aliphatic carbocycles. The number of carbonyl (C=O) groups excluding carboxylic acids is 1. The molecule has 164 valence electrons. The van der Waals surface area contributed by atoms with Crippen LogP contribution >= 0.6 is 0 Å². The van der Waals surface area contributed by atoms with Crippen LogP contribution in [0.15, 0.2) is 47.4 Å². The molecular weight excluding hydrogens is 425 g/mol. The van der Waals surface area contributed by atoms with Crippen LogP contribution in [-0.2, 0) is 21.0 Å². The molecule has 11 heteroatoms. The maximum absolute atomic E-state index is 12.8. The second-order valence-corrected chi connectivity index (χ2v) is 8.38. The van der Waals surface area contributed by atoms with Gasteiger partial charge in [-0.1, -0.05) is 19.9 Å². The van der Waals surface area contributed by atoms with Crippen LogP contribution in [0.4, 0.5) is 24.5 Å². The van der Waals surface area contributed by atoms with Crippen LogP contribution in [0.3, 0.4) is 0 Å². The first-order chi connectivity index (χ1) is 13.8. The van der Waals surface area contributed by atoms with Crippen molar-refractivity contribution >= 4 is 27.3 Å². The number of amides is 1. The highest BCUT2D eigenvalue weighted by Crippen LogP contribution is 2.33. The molecule has 2 rings (SSSR count). The van der Waals surface area contributed by atoms with E-state index in [0.29, 0.717) is 6.07 Å². The summed E-state index contributed by atoms with van der Waals surface area (Å²) in [7, 11) is -3.10. The lowest BCUT2D eigenvalue weighted by Crippen LogP contribution is -2.31. The van der Waals surface area contributed by atoms with Crippen molar-refractivity contribution in [3.05, 3.63) is 48.0 Å². The molecule has 2 aromatic rings. The van der Waals surface area contributed by atoms with Gasteiger partial charge < -0.3 is 15.2 Å². The standard InChI is InChI=1S/C19H21F3N2O5S/c1-11(2)17(25)18(26)23-13-7-8-16(15(10-13)29-3)30(27,28)24-14-6-4-5-12(9-14)19(20,21)22/h4-11,17,24-25H,1-3H3,(H,23,26). The molecule has 0 saturated heterocycles. The number of halogens is 3. The van der Waals surface area contributed by atoms with Crippen LogP contribution in [-0.4, -0.2) is 32.6 Å². The average molecular weight is 446 g/mol. The largest absolute Gasteiger partial charge is 0.495 e. The Kier molecular flexibility index (Phi) is 6.99. The van der Waals surface area contributed by atoms with Gasteiger partial charge in [0, 0.05) is 17.4 Å². The zero-order valence-corrected chi connectivity index (χ0v) is 17.1. The summed E-state index contributed by atoms with van der Waals surface area (Å²) in [4.78, 5) is 11.6. The van der Waals surface area contributed by atoms with E-state index in [-0.39, 0.29) is 27.9 Å². The number of ether oxygens (including phenoxy) is 1. The fraction of sp³-hybridized carbons (Fsp3) is 0.316. The number of benzene rings is 2. The molecule has 0 saturated carbocycles. The van der Waals surface area contributed by atoms with Gasteiger partial charge in [-0.25, -0.2) is 8.42 Å². The molecule has 2 aromatic carbocycles. The van der Waals surface area contributed by atoms with E-state index in [9.17, 15) is 31.5 Å². The quantitative estimate of drug-likeness (QED) is 0.604. The van der Waals surface area contributed by atoms with Gasteiger partial charge in [-0.3, -0.25) is 9.52 Å². The lowest BCUT2D eigenvalue weighted by molar-refractivity contribution is -0.137. The van der Waals surface area contributed by atoms with Crippen LogP contribution in [0.2, 0.25) is 0 Å². The SMILES string of the molecule is COc1cc(NC(=O)C(O)C(C)C)ccc1S(=O)(=O)Nc1cccc(C(F)(F)F)c1. The van der Waals surface area contributed by atoms with Gasteiger partial charge in [0.05, 0.1) is 12.7 Å². The fourth-order valence-corrected chi connectivity index (χ4v) is 3.66. The Morgan fingerprint density at radius 1 is 1.10 bits per heavy atom. The number of sulfonamides is 1. The number of rotatable bonds is 7. The predicted molar refractivity (Wildman–Crippen MR) is 105 cm³/mol. The Balaban J connectivity index is 2.31. The zero-order chi connectivity index (χ0) is 22.7. The molecule has 1 unspecified atom stereocenters. The van der Waals surface area contributed by atoms with E-state index in [4.69, 9.17) is 4.74 Å². The van der Waals surface area contributed by atoms with Crippen molar-refractivity contribution in [3.8, 4) is 5.75 Å². The molecule has 30 heavy (non-hydrogen) atoms. The fourth-order valence-electron chi connectivity index (χ4n) is 2.46. The summed E-state index contributed by atoms with van der Waals surface area (Å²) < 4.78 is 71.0. The summed E-state index contributed by atoms with van der Waals surface area (Å²) >= 11 is 0. The lowest BCUT2D eigenvalue weighted by Gasteiger charge is -2.16. The molecule has 0 aliphatic rings. The highest BCUT2D eigenvalue weighted by Gasteiger charge is 2.31. The number of aliphatic hydroxyl groups excluding tert-OH is 1. The molecule has 0 bridgehead atoms. The van der Waals surface area contributed by atoms with Gasteiger partial charge in [0.2, 0.25) is 0 Å². The van der Waals surface area contributed by atoms with Crippen LogP contribution in [0, 0.1) is 5.92 Å². The zero-order valence-electron chi connectivity index (χ0n) is 16.3. The summed E-state index contributed by atoms with van der Waals surface area (Å²) in [5.74, 6) is -1.15. The minimum absolute atomic E-state index is 0.147. The van der Waals surface area contributed by atoms with E-state index < -0.39 is 33.8 Å². The summed E-state index contributed by atoms with van der Waals surface area (Å²) in [5, 5.41) is 12.2. The van der Waals surface area contributed by atoms with Crippen molar-refractivity contribution in [1.82, 2.24) is 0 Å². The lowest BCUT2D eigenvalue weighted by atomic mass is 10.1. The van der Waals surface area contributed by atoms with Crippen molar-refractivity contribution in [2.45, 2.75) is 31.0 Å². The molecule has 0 spiro atoms. The van der Waals surface area contributed by atoms with E-state index in [1.54, 1.807) is 13.8 Å². The van der Waals surface area contributed by atoms with Gasteiger partial charge in [0.25, 0.3) is 15.9 Å². The van der Waals surface area contributed by atoms with Crippen LogP contribution < -0.4 is 14.8 Å². The normalized spacial score (nSPS) is 13.1. The monoisotopic (exact) mass is 446 g/mol. The second kappa shape index (κ2) is 8.92. The third kappa shape index (κ3) is 5.63. The number of anilines is 2. The Bertz CT molecular complexity index is 1020. The Labute approximate surface area is 171 Å². The number of methoxy groups -OCH3 is 1. The van der Waals surface area contributed by atoms with Gasteiger partial charge in [-0.05, 0) is 36.2 Å². The summed E-state index contributed by atoms with van der Waals surface area (Å²) in [6, 6.07) is 7.39. The van der Waals surface area contributed by atoms with Gasteiger partial charge in [-0.2, -0.15) is 13.2 Å². The number of hydrogen-bond donors (Lipinski definition) is 3. The molecule has 0 fully saturated rings. The molecule has 3 N–H and O–H groups in total. The molecule has 1 amide bonds. The number of nitrogens with one attached hydrogen (secondary N) is 2. The smallest absolute Gasteiger partial charge is 0.416 e. The number of carbonyl (C=O) groups is 1. The van der Waals surface area contributed by atoms with Crippen molar-refractivity contribution < 1.29 is 36.2 Å². The molecule has 0 heterocycles. The number of hydrogen-bond acceptors (Lipinski definition) is 5. The topological polar surface area (TPSA) is 105 Å². The maximum atomic E-state index is 12.8.